The van der Waals surface area contributed by atoms with E-state index in [0.717, 1.165) is 57.5 Å². The van der Waals surface area contributed by atoms with Gasteiger partial charge in [-0.3, -0.25) is 4.79 Å². The fraction of sp³-hybridized carbons (Fsp3) is 0.650. The molecule has 2 saturated heterocycles. The summed E-state index contributed by atoms with van der Waals surface area (Å²) < 4.78 is 5.47. The van der Waals surface area contributed by atoms with Gasteiger partial charge in [-0.05, 0) is 63.1 Å². The fourth-order valence-electron chi connectivity index (χ4n) is 4.15. The summed E-state index contributed by atoms with van der Waals surface area (Å²) in [7, 11) is 1.74. The Morgan fingerprint density at radius 3 is 2.71 bits per heavy atom. The minimum Gasteiger partial charge on any atom is -0.496 e. The molecule has 0 radical (unpaired) electrons. The summed E-state index contributed by atoms with van der Waals surface area (Å²) in [6, 6.07) is 8.76. The largest absolute Gasteiger partial charge is 0.496 e. The van der Waals surface area contributed by atoms with Crippen LogP contribution in [0.15, 0.2) is 24.3 Å². The second-order valence-corrected chi connectivity index (χ2v) is 7.36. The summed E-state index contributed by atoms with van der Waals surface area (Å²) in [5.41, 5.74) is 1.29. The maximum absolute atomic E-state index is 12.7. The van der Waals surface area contributed by atoms with Crippen LogP contribution >= 0.6 is 0 Å². The van der Waals surface area contributed by atoms with Crippen molar-refractivity contribution in [2.24, 2.45) is 11.8 Å². The van der Waals surface area contributed by atoms with E-state index in [-0.39, 0.29) is 5.92 Å². The zero-order valence-electron chi connectivity index (χ0n) is 15.0. The lowest BCUT2D eigenvalue weighted by molar-refractivity contribution is -0.138. The van der Waals surface area contributed by atoms with Crippen molar-refractivity contribution in [3.8, 4) is 5.75 Å². The molecule has 2 heterocycles. The average molecular weight is 330 g/mol. The smallest absolute Gasteiger partial charge is 0.225 e. The first-order valence-electron chi connectivity index (χ1n) is 9.31. The molecule has 1 aromatic carbocycles. The van der Waals surface area contributed by atoms with Crippen molar-refractivity contribution >= 4 is 5.91 Å². The Balaban J connectivity index is 1.51. The van der Waals surface area contributed by atoms with Crippen molar-refractivity contribution in [3.63, 3.8) is 0 Å². The molecule has 0 saturated carbocycles. The molecular weight excluding hydrogens is 300 g/mol. The zero-order chi connectivity index (χ0) is 16.9. The molecule has 2 aliphatic heterocycles. The summed E-state index contributed by atoms with van der Waals surface area (Å²) in [6.07, 6.45) is 5.23. The van der Waals surface area contributed by atoms with Gasteiger partial charge in [-0.2, -0.15) is 0 Å². The Kier molecular flexibility index (Phi) is 5.77. The van der Waals surface area contributed by atoms with E-state index in [9.17, 15) is 4.79 Å². The van der Waals surface area contributed by atoms with E-state index in [1.165, 1.54) is 5.56 Å². The Labute approximate surface area is 145 Å². The Morgan fingerprint density at radius 1 is 1.25 bits per heavy atom. The molecule has 0 bridgehead atoms. The first-order valence-corrected chi connectivity index (χ1v) is 9.31. The third-order valence-corrected chi connectivity index (χ3v) is 5.60. The molecule has 1 aromatic rings. The van der Waals surface area contributed by atoms with E-state index in [1.807, 2.05) is 12.1 Å². The lowest BCUT2D eigenvalue weighted by atomic mass is 9.87. The van der Waals surface area contributed by atoms with E-state index in [0.29, 0.717) is 17.9 Å². The average Bonchev–Trinajstić information content (AvgIpc) is 2.62. The van der Waals surface area contributed by atoms with E-state index < -0.39 is 0 Å². The third-order valence-electron chi connectivity index (χ3n) is 5.60. The number of amides is 1. The normalized spacial score (nSPS) is 25.5. The Bertz CT molecular complexity index is 552. The highest BCUT2D eigenvalue weighted by molar-refractivity contribution is 5.79. The molecule has 0 unspecified atom stereocenters. The quantitative estimate of drug-likeness (QED) is 0.923. The number of hydrogen-bond acceptors (Lipinski definition) is 3. The summed E-state index contributed by atoms with van der Waals surface area (Å²) in [4.78, 5) is 14.9. The predicted octanol–water partition coefficient (Wildman–Crippen LogP) is 2.86. The second kappa shape index (κ2) is 8.02. The lowest BCUT2D eigenvalue weighted by Crippen LogP contribution is -2.46. The van der Waals surface area contributed by atoms with Gasteiger partial charge >= 0.3 is 0 Å². The molecule has 132 valence electrons. The van der Waals surface area contributed by atoms with Gasteiger partial charge in [0, 0.05) is 25.0 Å². The van der Waals surface area contributed by atoms with Crippen LogP contribution in [-0.2, 0) is 11.2 Å². The second-order valence-electron chi connectivity index (χ2n) is 7.36. The molecule has 0 aromatic heterocycles. The number of nitrogens with zero attached hydrogens (tertiary/aromatic N) is 1. The minimum atomic E-state index is 0.229. The topological polar surface area (TPSA) is 41.6 Å². The van der Waals surface area contributed by atoms with Crippen LogP contribution in [-0.4, -0.2) is 43.6 Å². The predicted molar refractivity (Wildman–Crippen MR) is 96.2 cm³/mol. The van der Waals surface area contributed by atoms with Crippen molar-refractivity contribution in [1.29, 1.82) is 0 Å². The SMILES string of the molecule is COc1ccccc1CC1CCN(C(=O)[C@H]2CCN[C@@H](C)C2)CC1. The van der Waals surface area contributed by atoms with Crippen molar-refractivity contribution < 1.29 is 9.53 Å². The molecule has 3 rings (SSSR count). The van der Waals surface area contributed by atoms with Gasteiger partial charge in [0.15, 0.2) is 0 Å². The molecule has 2 aliphatic rings. The van der Waals surface area contributed by atoms with Crippen molar-refractivity contribution in [2.75, 3.05) is 26.7 Å². The van der Waals surface area contributed by atoms with Crippen LogP contribution in [0.1, 0.15) is 38.2 Å². The first-order chi connectivity index (χ1) is 11.7. The molecule has 24 heavy (non-hydrogen) atoms. The molecule has 4 nitrogen and oxygen atoms in total. The Morgan fingerprint density at radius 2 is 2.00 bits per heavy atom. The highest BCUT2D eigenvalue weighted by Gasteiger charge is 2.31. The first kappa shape index (κ1) is 17.3. The number of piperidine rings is 2. The molecule has 4 heteroatoms. The molecule has 0 spiro atoms. The van der Waals surface area contributed by atoms with Crippen LogP contribution in [0.5, 0.6) is 5.75 Å². The van der Waals surface area contributed by atoms with Crippen LogP contribution in [0.25, 0.3) is 0 Å². The molecule has 2 atom stereocenters. The monoisotopic (exact) mass is 330 g/mol. The van der Waals surface area contributed by atoms with Gasteiger partial charge in [-0.15, -0.1) is 0 Å². The van der Waals surface area contributed by atoms with E-state index in [2.05, 4.69) is 29.3 Å². The summed E-state index contributed by atoms with van der Waals surface area (Å²) in [5.74, 6) is 2.25. The van der Waals surface area contributed by atoms with E-state index >= 15 is 0 Å². The molecule has 1 N–H and O–H groups in total. The number of ether oxygens (including phenoxy) is 1. The van der Waals surface area contributed by atoms with Gasteiger partial charge < -0.3 is 15.0 Å². The van der Waals surface area contributed by atoms with Crippen LogP contribution in [0, 0.1) is 11.8 Å². The van der Waals surface area contributed by atoms with Crippen molar-refractivity contribution in [2.45, 2.75) is 45.1 Å². The molecular formula is C20H30N2O2. The number of rotatable bonds is 4. The summed E-state index contributed by atoms with van der Waals surface area (Å²) in [5, 5.41) is 3.43. The zero-order valence-corrected chi connectivity index (χ0v) is 15.0. The third kappa shape index (κ3) is 4.10. The number of benzene rings is 1. The maximum Gasteiger partial charge on any atom is 0.225 e. The Hall–Kier alpha value is -1.55. The highest BCUT2D eigenvalue weighted by atomic mass is 16.5. The summed E-state index contributed by atoms with van der Waals surface area (Å²) >= 11 is 0. The fourth-order valence-corrected chi connectivity index (χ4v) is 4.15. The van der Waals surface area contributed by atoms with Gasteiger partial charge in [0.25, 0.3) is 0 Å². The summed E-state index contributed by atoms with van der Waals surface area (Å²) in [6.45, 7) is 4.98. The van der Waals surface area contributed by atoms with E-state index in [1.54, 1.807) is 7.11 Å². The number of nitrogens with one attached hydrogen (secondary N) is 1. The van der Waals surface area contributed by atoms with E-state index in [4.69, 9.17) is 4.74 Å². The van der Waals surface area contributed by atoms with Crippen LogP contribution < -0.4 is 10.1 Å². The maximum atomic E-state index is 12.7. The lowest BCUT2D eigenvalue weighted by Gasteiger charge is -2.36. The standard InChI is InChI=1S/C20H30N2O2/c1-15-13-18(7-10-21-15)20(23)22-11-8-16(9-12-22)14-17-5-3-4-6-19(17)24-2/h3-6,15-16,18,21H,7-14H2,1-2H3/t15-,18-/m0/s1. The molecule has 0 aliphatic carbocycles. The number of carbonyl (C=O) groups excluding carboxylic acids is 1. The minimum absolute atomic E-state index is 0.229. The van der Waals surface area contributed by atoms with Crippen LogP contribution in [0.3, 0.4) is 0 Å². The molecule has 2 fully saturated rings. The van der Waals surface area contributed by atoms with Gasteiger partial charge in [0.2, 0.25) is 5.91 Å². The number of likely N-dealkylation sites (tertiary alicyclic amines) is 1. The number of carbonyl (C=O) groups is 1. The highest BCUT2D eigenvalue weighted by Crippen LogP contribution is 2.28. The van der Waals surface area contributed by atoms with Crippen molar-refractivity contribution in [3.05, 3.63) is 29.8 Å². The van der Waals surface area contributed by atoms with Gasteiger partial charge in [0.05, 0.1) is 7.11 Å². The number of hydrogen-bond donors (Lipinski definition) is 1. The van der Waals surface area contributed by atoms with Gasteiger partial charge in [-0.1, -0.05) is 18.2 Å². The number of para-hydroxylation sites is 1. The van der Waals surface area contributed by atoms with Crippen LogP contribution in [0.2, 0.25) is 0 Å². The molecule has 1 amide bonds. The van der Waals surface area contributed by atoms with Gasteiger partial charge in [-0.25, -0.2) is 0 Å². The van der Waals surface area contributed by atoms with Crippen LogP contribution in [0.4, 0.5) is 0 Å². The number of methoxy groups -OCH3 is 1. The van der Waals surface area contributed by atoms with Gasteiger partial charge in [0.1, 0.15) is 5.75 Å². The van der Waals surface area contributed by atoms with Crippen molar-refractivity contribution in [1.82, 2.24) is 10.2 Å².